The Balaban J connectivity index is 2.47. The van der Waals surface area contributed by atoms with Crippen LogP contribution in [-0.4, -0.2) is 7.11 Å². The van der Waals surface area contributed by atoms with Gasteiger partial charge in [-0.1, -0.05) is 55.6 Å². The molecular weight excluding hydrogens is 398 g/mol. The van der Waals surface area contributed by atoms with E-state index in [0.29, 0.717) is 20.8 Å². The minimum absolute atomic E-state index is 0.289. The predicted molar refractivity (Wildman–Crippen MR) is 82.9 cm³/mol. The lowest BCUT2D eigenvalue weighted by Gasteiger charge is -2.15. The number of ether oxygens (including phenoxy) is 1. The highest BCUT2D eigenvalue weighted by molar-refractivity contribution is 9.11. The van der Waals surface area contributed by atoms with Crippen molar-refractivity contribution in [2.75, 3.05) is 7.11 Å². The zero-order valence-electron chi connectivity index (χ0n) is 9.96. The minimum atomic E-state index is -0.332. The van der Waals surface area contributed by atoms with Crippen molar-refractivity contribution < 1.29 is 9.13 Å². The van der Waals surface area contributed by atoms with Gasteiger partial charge in [0.1, 0.15) is 11.6 Å². The quantitative estimate of drug-likeness (QED) is 0.589. The highest BCUT2D eigenvalue weighted by Crippen LogP contribution is 2.40. The third-order valence-electron chi connectivity index (χ3n) is 2.73. The van der Waals surface area contributed by atoms with Crippen LogP contribution >= 0.6 is 43.5 Å². The predicted octanol–water partition coefficient (Wildman–Crippen LogP) is 5.73. The van der Waals surface area contributed by atoms with Crippen LogP contribution in [0, 0.1) is 5.82 Å². The molecule has 0 spiro atoms. The van der Waals surface area contributed by atoms with E-state index in [-0.39, 0.29) is 10.6 Å². The number of hydrogen-bond donors (Lipinski definition) is 0. The molecule has 0 aliphatic carbocycles. The van der Waals surface area contributed by atoms with Crippen molar-refractivity contribution in [1.82, 2.24) is 0 Å². The van der Waals surface area contributed by atoms with Crippen molar-refractivity contribution in [2.45, 2.75) is 4.83 Å². The number of methoxy groups -OCH3 is 1. The molecular formula is C14H10Br2ClFO. The van der Waals surface area contributed by atoms with Crippen LogP contribution in [0.1, 0.15) is 16.0 Å². The Hall–Kier alpha value is -0.580. The summed E-state index contributed by atoms with van der Waals surface area (Å²) in [6.07, 6.45) is 0. The van der Waals surface area contributed by atoms with Crippen LogP contribution < -0.4 is 4.74 Å². The average Bonchev–Trinajstić information content (AvgIpc) is 2.38. The topological polar surface area (TPSA) is 9.23 Å². The molecule has 2 rings (SSSR count). The Morgan fingerprint density at radius 1 is 1.26 bits per heavy atom. The van der Waals surface area contributed by atoms with Gasteiger partial charge in [-0.3, -0.25) is 0 Å². The molecule has 0 aliphatic heterocycles. The number of halogens is 4. The van der Waals surface area contributed by atoms with Crippen LogP contribution in [0.4, 0.5) is 4.39 Å². The fourth-order valence-electron chi connectivity index (χ4n) is 1.75. The van der Waals surface area contributed by atoms with Gasteiger partial charge in [-0.25, -0.2) is 4.39 Å². The summed E-state index contributed by atoms with van der Waals surface area (Å²) < 4.78 is 19.7. The number of alkyl halides is 1. The van der Waals surface area contributed by atoms with Gasteiger partial charge in [-0.15, -0.1) is 0 Å². The smallest absolute Gasteiger partial charge is 0.129 e. The Kier molecular flexibility index (Phi) is 4.87. The fourth-order valence-corrected chi connectivity index (χ4v) is 3.90. The fraction of sp³-hybridized carbons (Fsp3) is 0.143. The van der Waals surface area contributed by atoms with E-state index in [1.807, 2.05) is 6.07 Å². The maximum Gasteiger partial charge on any atom is 0.129 e. The summed E-state index contributed by atoms with van der Waals surface area (Å²) in [5.41, 5.74) is 1.31. The standard InChI is InChI=1S/C14H10Br2ClFO/c1-19-8-5-6-9(11(17)7-8)14(16)13-10(15)3-2-4-12(13)18/h2-7,14H,1H3. The summed E-state index contributed by atoms with van der Waals surface area (Å²) >= 11 is 13.1. The Morgan fingerprint density at radius 2 is 2.00 bits per heavy atom. The molecule has 100 valence electrons. The first-order chi connectivity index (χ1) is 9.04. The monoisotopic (exact) mass is 406 g/mol. The summed E-state index contributed by atoms with van der Waals surface area (Å²) in [6.45, 7) is 0. The molecule has 0 fully saturated rings. The number of rotatable bonds is 3. The van der Waals surface area contributed by atoms with E-state index in [0.717, 1.165) is 5.56 Å². The molecule has 0 aliphatic rings. The van der Waals surface area contributed by atoms with Crippen molar-refractivity contribution in [3.63, 3.8) is 0 Å². The van der Waals surface area contributed by atoms with Gasteiger partial charge in [0.25, 0.3) is 0 Å². The molecule has 0 bridgehead atoms. The molecule has 1 atom stereocenters. The molecule has 0 aromatic heterocycles. The summed E-state index contributed by atoms with van der Waals surface area (Å²) in [7, 11) is 1.57. The third-order valence-corrected chi connectivity index (χ3v) is 4.70. The zero-order valence-corrected chi connectivity index (χ0v) is 13.9. The van der Waals surface area contributed by atoms with Gasteiger partial charge in [-0.2, -0.15) is 0 Å². The molecule has 0 saturated heterocycles. The third kappa shape index (κ3) is 3.12. The SMILES string of the molecule is COc1ccc(C(Br)c2c(F)cccc2Br)c(Cl)c1. The van der Waals surface area contributed by atoms with Gasteiger partial charge in [0, 0.05) is 15.1 Å². The van der Waals surface area contributed by atoms with E-state index >= 15 is 0 Å². The lowest BCUT2D eigenvalue weighted by molar-refractivity contribution is 0.414. The highest BCUT2D eigenvalue weighted by atomic mass is 79.9. The van der Waals surface area contributed by atoms with Crippen LogP contribution in [0.5, 0.6) is 5.75 Å². The molecule has 5 heteroatoms. The molecule has 0 radical (unpaired) electrons. The molecule has 0 saturated carbocycles. The average molecular weight is 408 g/mol. The Bertz CT molecular complexity index is 584. The van der Waals surface area contributed by atoms with Crippen molar-refractivity contribution in [3.8, 4) is 5.75 Å². The van der Waals surface area contributed by atoms with Gasteiger partial charge >= 0.3 is 0 Å². The first-order valence-corrected chi connectivity index (χ1v) is 7.54. The summed E-state index contributed by atoms with van der Waals surface area (Å²) in [4.78, 5) is -0.332. The van der Waals surface area contributed by atoms with E-state index < -0.39 is 0 Å². The second kappa shape index (κ2) is 6.25. The molecule has 0 heterocycles. The second-order valence-electron chi connectivity index (χ2n) is 3.89. The van der Waals surface area contributed by atoms with Gasteiger partial charge in [-0.05, 0) is 29.8 Å². The summed E-state index contributed by atoms with van der Waals surface area (Å²) in [6, 6.07) is 10.2. The lowest BCUT2D eigenvalue weighted by Crippen LogP contribution is -1.99. The first kappa shape index (κ1) is 14.8. The van der Waals surface area contributed by atoms with Crippen molar-refractivity contribution in [1.29, 1.82) is 0 Å². The van der Waals surface area contributed by atoms with Crippen molar-refractivity contribution in [2.24, 2.45) is 0 Å². The van der Waals surface area contributed by atoms with E-state index in [1.54, 1.807) is 31.4 Å². The van der Waals surface area contributed by atoms with Gasteiger partial charge < -0.3 is 4.74 Å². The van der Waals surface area contributed by atoms with Crippen molar-refractivity contribution >= 4 is 43.5 Å². The molecule has 0 amide bonds. The molecule has 1 nitrogen and oxygen atoms in total. The van der Waals surface area contributed by atoms with Crippen LogP contribution in [0.15, 0.2) is 40.9 Å². The van der Waals surface area contributed by atoms with Gasteiger partial charge in [0.15, 0.2) is 0 Å². The number of hydrogen-bond acceptors (Lipinski definition) is 1. The van der Waals surface area contributed by atoms with Crippen LogP contribution in [-0.2, 0) is 0 Å². The minimum Gasteiger partial charge on any atom is -0.497 e. The molecule has 2 aromatic carbocycles. The van der Waals surface area contributed by atoms with Crippen molar-refractivity contribution in [3.05, 3.63) is 62.8 Å². The van der Waals surface area contributed by atoms with E-state index in [1.165, 1.54) is 6.07 Å². The molecule has 0 N–H and O–H groups in total. The summed E-state index contributed by atoms with van der Waals surface area (Å²) in [5.74, 6) is 0.379. The van der Waals surface area contributed by atoms with Gasteiger partial charge in [0.2, 0.25) is 0 Å². The van der Waals surface area contributed by atoms with E-state index in [2.05, 4.69) is 31.9 Å². The van der Waals surface area contributed by atoms with E-state index in [4.69, 9.17) is 16.3 Å². The van der Waals surface area contributed by atoms with E-state index in [9.17, 15) is 4.39 Å². The lowest BCUT2D eigenvalue weighted by atomic mass is 10.0. The largest absolute Gasteiger partial charge is 0.497 e. The maximum atomic E-state index is 13.9. The molecule has 1 unspecified atom stereocenters. The zero-order chi connectivity index (χ0) is 14.0. The second-order valence-corrected chi connectivity index (χ2v) is 6.06. The normalized spacial score (nSPS) is 12.3. The Morgan fingerprint density at radius 3 is 2.58 bits per heavy atom. The van der Waals surface area contributed by atoms with Gasteiger partial charge in [0.05, 0.1) is 11.9 Å². The van der Waals surface area contributed by atoms with Crippen LogP contribution in [0.25, 0.3) is 0 Å². The maximum absolute atomic E-state index is 13.9. The van der Waals surface area contributed by atoms with Crippen LogP contribution in [0.2, 0.25) is 5.02 Å². The van der Waals surface area contributed by atoms with Crippen LogP contribution in [0.3, 0.4) is 0 Å². The summed E-state index contributed by atoms with van der Waals surface area (Å²) in [5, 5.41) is 0.524. The number of benzene rings is 2. The Labute approximate surface area is 133 Å². The molecule has 2 aromatic rings. The highest BCUT2D eigenvalue weighted by Gasteiger charge is 2.20. The molecule has 19 heavy (non-hydrogen) atoms. The first-order valence-electron chi connectivity index (χ1n) is 5.46.